The fraction of sp³-hybridized carbons (Fsp3) is 0.833. The number of aliphatic hydroxyl groups excluding tert-OH is 2. The summed E-state index contributed by atoms with van der Waals surface area (Å²) in [5, 5.41) is 20.1. The van der Waals surface area contributed by atoms with E-state index < -0.39 is 6.10 Å². The molecule has 0 radical (unpaired) electrons. The Hall–Kier alpha value is -0.610. The maximum absolute atomic E-state index is 10.6. The van der Waals surface area contributed by atoms with Gasteiger partial charge in [0.2, 0.25) is 5.91 Å². The summed E-state index contributed by atoms with van der Waals surface area (Å²) in [5.41, 5.74) is 0. The summed E-state index contributed by atoms with van der Waals surface area (Å²) in [5.74, 6) is -0.144. The Labute approximate surface area is 58.9 Å². The Kier molecular flexibility index (Phi) is 2.24. The summed E-state index contributed by atoms with van der Waals surface area (Å²) in [6, 6.07) is 0. The van der Waals surface area contributed by atoms with E-state index >= 15 is 0 Å². The van der Waals surface area contributed by atoms with Crippen LogP contribution in [-0.2, 0) is 4.79 Å². The molecule has 0 aromatic heterocycles. The lowest BCUT2D eigenvalue weighted by Crippen LogP contribution is -2.25. The topological polar surface area (TPSA) is 69.6 Å². The monoisotopic (exact) mass is 145 g/mol. The maximum Gasteiger partial charge on any atom is 0.220 e. The molecule has 3 N–H and O–H groups in total. The molecule has 1 fully saturated rings. The zero-order valence-corrected chi connectivity index (χ0v) is 5.58. The molecular formula is C6H11NO3. The molecule has 1 aliphatic rings. The second kappa shape index (κ2) is 2.98. The van der Waals surface area contributed by atoms with Gasteiger partial charge in [0.1, 0.15) is 0 Å². The van der Waals surface area contributed by atoms with Gasteiger partial charge in [0.05, 0.1) is 12.7 Å². The molecule has 0 bridgehead atoms. The van der Waals surface area contributed by atoms with Gasteiger partial charge < -0.3 is 15.5 Å². The van der Waals surface area contributed by atoms with Gasteiger partial charge in [-0.15, -0.1) is 0 Å². The molecular weight excluding hydrogens is 134 g/mol. The van der Waals surface area contributed by atoms with Crippen LogP contribution < -0.4 is 5.32 Å². The minimum absolute atomic E-state index is 0.0440. The van der Waals surface area contributed by atoms with Crippen LogP contribution in [0.2, 0.25) is 0 Å². The Morgan fingerprint density at radius 2 is 2.50 bits per heavy atom. The molecule has 2 atom stereocenters. The molecule has 1 unspecified atom stereocenters. The van der Waals surface area contributed by atoms with Gasteiger partial charge in [0.25, 0.3) is 0 Å². The van der Waals surface area contributed by atoms with Gasteiger partial charge in [0.15, 0.2) is 0 Å². The fourth-order valence-electron chi connectivity index (χ4n) is 1.05. The van der Waals surface area contributed by atoms with E-state index in [9.17, 15) is 4.79 Å². The van der Waals surface area contributed by atoms with Crippen LogP contribution in [0.25, 0.3) is 0 Å². The van der Waals surface area contributed by atoms with Crippen LogP contribution >= 0.6 is 0 Å². The zero-order valence-electron chi connectivity index (χ0n) is 5.58. The normalized spacial score (nSPS) is 28.2. The first kappa shape index (κ1) is 7.50. The molecule has 0 saturated carbocycles. The highest BCUT2D eigenvalue weighted by Crippen LogP contribution is 2.12. The minimum Gasteiger partial charge on any atom is -0.394 e. The van der Waals surface area contributed by atoms with Crippen LogP contribution in [0.15, 0.2) is 0 Å². The predicted molar refractivity (Wildman–Crippen MR) is 34.2 cm³/mol. The molecule has 58 valence electrons. The Morgan fingerprint density at radius 3 is 2.90 bits per heavy atom. The van der Waals surface area contributed by atoms with E-state index in [0.717, 1.165) is 0 Å². The van der Waals surface area contributed by atoms with Gasteiger partial charge in [-0.05, 0) is 0 Å². The van der Waals surface area contributed by atoms with Crippen molar-refractivity contribution in [3.63, 3.8) is 0 Å². The highest BCUT2D eigenvalue weighted by atomic mass is 16.3. The molecule has 4 nitrogen and oxygen atoms in total. The smallest absolute Gasteiger partial charge is 0.220 e. The van der Waals surface area contributed by atoms with Crippen molar-refractivity contribution in [3.8, 4) is 0 Å². The SMILES string of the molecule is O=C1CC([C@H](O)CO)CN1. The van der Waals surface area contributed by atoms with Crippen molar-refractivity contribution in [2.75, 3.05) is 13.2 Å². The third-order valence-corrected chi connectivity index (χ3v) is 1.74. The molecule has 1 heterocycles. The van der Waals surface area contributed by atoms with Crippen LogP contribution in [0.3, 0.4) is 0 Å². The van der Waals surface area contributed by atoms with Crippen LogP contribution in [-0.4, -0.2) is 35.4 Å². The van der Waals surface area contributed by atoms with E-state index in [0.29, 0.717) is 13.0 Å². The van der Waals surface area contributed by atoms with E-state index in [4.69, 9.17) is 10.2 Å². The number of hydrogen-bond donors (Lipinski definition) is 3. The van der Waals surface area contributed by atoms with Crippen LogP contribution in [0, 0.1) is 5.92 Å². The van der Waals surface area contributed by atoms with Gasteiger partial charge in [-0.2, -0.15) is 0 Å². The number of nitrogens with one attached hydrogen (secondary N) is 1. The van der Waals surface area contributed by atoms with E-state index in [-0.39, 0.29) is 18.4 Å². The van der Waals surface area contributed by atoms with Crippen molar-refractivity contribution in [3.05, 3.63) is 0 Å². The summed E-state index contributed by atoms with van der Waals surface area (Å²) >= 11 is 0. The molecule has 1 amide bonds. The summed E-state index contributed by atoms with van der Waals surface area (Å²) in [6.45, 7) is 0.222. The van der Waals surface area contributed by atoms with Gasteiger partial charge in [-0.1, -0.05) is 0 Å². The van der Waals surface area contributed by atoms with E-state index in [1.165, 1.54) is 0 Å². The molecule has 1 aliphatic heterocycles. The van der Waals surface area contributed by atoms with Crippen molar-refractivity contribution in [2.45, 2.75) is 12.5 Å². The number of carbonyl (C=O) groups is 1. The van der Waals surface area contributed by atoms with Crippen molar-refractivity contribution < 1.29 is 15.0 Å². The Morgan fingerprint density at radius 1 is 1.80 bits per heavy atom. The van der Waals surface area contributed by atoms with E-state index in [2.05, 4.69) is 5.32 Å². The maximum atomic E-state index is 10.6. The molecule has 4 heteroatoms. The minimum atomic E-state index is -0.751. The molecule has 10 heavy (non-hydrogen) atoms. The molecule has 1 rings (SSSR count). The summed E-state index contributed by atoms with van der Waals surface area (Å²) < 4.78 is 0. The second-order valence-corrected chi connectivity index (χ2v) is 2.52. The lowest BCUT2D eigenvalue weighted by molar-refractivity contribution is -0.119. The molecule has 0 aliphatic carbocycles. The van der Waals surface area contributed by atoms with Crippen LogP contribution in [0.1, 0.15) is 6.42 Å². The van der Waals surface area contributed by atoms with Gasteiger partial charge >= 0.3 is 0 Å². The lowest BCUT2D eigenvalue weighted by atomic mass is 10.0. The second-order valence-electron chi connectivity index (χ2n) is 2.52. The van der Waals surface area contributed by atoms with Crippen LogP contribution in [0.5, 0.6) is 0 Å². The largest absolute Gasteiger partial charge is 0.394 e. The number of rotatable bonds is 2. The third-order valence-electron chi connectivity index (χ3n) is 1.74. The highest BCUT2D eigenvalue weighted by molar-refractivity contribution is 5.78. The fourth-order valence-corrected chi connectivity index (χ4v) is 1.05. The first-order chi connectivity index (χ1) is 4.74. The van der Waals surface area contributed by atoms with Gasteiger partial charge in [-0.25, -0.2) is 0 Å². The van der Waals surface area contributed by atoms with Crippen molar-refractivity contribution in [2.24, 2.45) is 5.92 Å². The molecule has 0 aromatic rings. The Bertz CT molecular complexity index is 137. The first-order valence-electron chi connectivity index (χ1n) is 3.29. The number of amides is 1. The highest BCUT2D eigenvalue weighted by Gasteiger charge is 2.27. The zero-order chi connectivity index (χ0) is 7.56. The van der Waals surface area contributed by atoms with Crippen LogP contribution in [0.4, 0.5) is 0 Å². The lowest BCUT2D eigenvalue weighted by Gasteiger charge is -2.11. The molecule has 0 aromatic carbocycles. The summed E-state index contributed by atoms with van der Waals surface area (Å²) in [4.78, 5) is 10.6. The number of hydrogen-bond acceptors (Lipinski definition) is 3. The number of carbonyl (C=O) groups excluding carboxylic acids is 1. The quantitative estimate of drug-likeness (QED) is 0.442. The summed E-state index contributed by atoms with van der Waals surface area (Å²) in [6.07, 6.45) is -0.416. The first-order valence-corrected chi connectivity index (χ1v) is 3.29. The Balaban J connectivity index is 2.36. The van der Waals surface area contributed by atoms with Crippen molar-refractivity contribution in [1.82, 2.24) is 5.32 Å². The average molecular weight is 145 g/mol. The molecule has 0 spiro atoms. The van der Waals surface area contributed by atoms with Gasteiger partial charge in [-0.3, -0.25) is 4.79 Å². The molecule has 1 saturated heterocycles. The summed E-state index contributed by atoms with van der Waals surface area (Å²) in [7, 11) is 0. The number of aliphatic hydroxyl groups is 2. The predicted octanol–water partition coefficient (Wildman–Crippen LogP) is -1.52. The standard InChI is InChI=1S/C6H11NO3/c8-3-5(9)4-1-6(10)7-2-4/h4-5,8-9H,1-3H2,(H,7,10)/t4?,5-/m1/s1. The van der Waals surface area contributed by atoms with Crippen molar-refractivity contribution in [1.29, 1.82) is 0 Å². The third kappa shape index (κ3) is 1.46. The average Bonchev–Trinajstić information content (AvgIpc) is 2.34. The van der Waals surface area contributed by atoms with E-state index in [1.807, 2.05) is 0 Å². The van der Waals surface area contributed by atoms with Crippen molar-refractivity contribution >= 4 is 5.91 Å². The van der Waals surface area contributed by atoms with E-state index in [1.54, 1.807) is 0 Å². The van der Waals surface area contributed by atoms with Gasteiger partial charge in [0, 0.05) is 18.9 Å².